The molecule has 0 unspecified atom stereocenters. The Balaban J connectivity index is 1.38. The van der Waals surface area contributed by atoms with Crippen LogP contribution < -0.4 is 10.2 Å². The normalized spacial score (nSPS) is 13.9. The average molecular weight is 469 g/mol. The van der Waals surface area contributed by atoms with Crippen LogP contribution in [0.5, 0.6) is 0 Å². The van der Waals surface area contributed by atoms with E-state index < -0.39 is 46.9 Å². The fraction of sp³-hybridized carbons (Fsp3) is 0.300. The van der Waals surface area contributed by atoms with Crippen molar-refractivity contribution in [2.75, 3.05) is 23.3 Å². The van der Waals surface area contributed by atoms with E-state index in [9.17, 15) is 26.7 Å². The Hall–Kier alpha value is -3.77. The number of benzene rings is 1. The number of rotatable bonds is 5. The Kier molecular flexibility index (Phi) is 6.11. The van der Waals surface area contributed by atoms with Crippen LogP contribution in [-0.2, 0) is 17.5 Å². The molecule has 1 aliphatic rings. The standard InChI is InChI=1S/C20H16F5N5O3/c21-13-7-12(17-28-18(33-29-17)20(23,24)25)8-14(22)16(13)27-19(31)32-10-11-3-4-15(26-9-11)30-5-1-2-6-30/h3-4,7-9H,1-2,5-6,10H2,(H,27,31). The minimum Gasteiger partial charge on any atom is -0.444 e. The predicted molar refractivity (Wildman–Crippen MR) is 104 cm³/mol. The van der Waals surface area contributed by atoms with Crippen LogP contribution in [-0.4, -0.2) is 34.3 Å². The molecular weight excluding hydrogens is 453 g/mol. The molecular formula is C20H16F5N5O3. The molecule has 1 aromatic carbocycles. The highest BCUT2D eigenvalue weighted by Gasteiger charge is 2.38. The summed E-state index contributed by atoms with van der Waals surface area (Å²) in [5.41, 5.74) is -0.680. The van der Waals surface area contributed by atoms with Gasteiger partial charge in [0, 0.05) is 30.4 Å². The van der Waals surface area contributed by atoms with Crippen molar-refractivity contribution in [3.63, 3.8) is 0 Å². The topological polar surface area (TPSA) is 93.4 Å². The molecule has 0 spiro atoms. The van der Waals surface area contributed by atoms with Gasteiger partial charge in [0.15, 0.2) is 11.6 Å². The Bertz CT molecular complexity index is 1120. The van der Waals surface area contributed by atoms with Gasteiger partial charge in [0.25, 0.3) is 0 Å². The van der Waals surface area contributed by atoms with Gasteiger partial charge in [-0.3, -0.25) is 5.32 Å². The number of halogens is 5. The van der Waals surface area contributed by atoms with E-state index in [0.29, 0.717) is 17.7 Å². The third-order valence-corrected chi connectivity index (χ3v) is 4.81. The van der Waals surface area contributed by atoms with Gasteiger partial charge in [0.2, 0.25) is 5.82 Å². The fourth-order valence-electron chi connectivity index (χ4n) is 3.20. The lowest BCUT2D eigenvalue weighted by Crippen LogP contribution is -2.19. The molecule has 0 saturated carbocycles. The number of carbonyl (C=O) groups is 1. The quantitative estimate of drug-likeness (QED) is 0.538. The Morgan fingerprint density at radius 2 is 1.85 bits per heavy atom. The van der Waals surface area contributed by atoms with Crippen molar-refractivity contribution in [3.8, 4) is 11.4 Å². The smallest absolute Gasteiger partial charge is 0.444 e. The van der Waals surface area contributed by atoms with Crippen molar-refractivity contribution in [2.24, 2.45) is 0 Å². The number of aromatic nitrogens is 3. The summed E-state index contributed by atoms with van der Waals surface area (Å²) < 4.78 is 75.3. The molecule has 33 heavy (non-hydrogen) atoms. The zero-order valence-corrected chi connectivity index (χ0v) is 16.8. The Morgan fingerprint density at radius 1 is 1.15 bits per heavy atom. The molecule has 8 nitrogen and oxygen atoms in total. The van der Waals surface area contributed by atoms with Crippen molar-refractivity contribution in [3.05, 3.63) is 53.6 Å². The second-order valence-electron chi connectivity index (χ2n) is 7.16. The molecule has 1 amide bonds. The van der Waals surface area contributed by atoms with E-state index in [1.165, 1.54) is 6.20 Å². The third kappa shape index (κ3) is 5.18. The van der Waals surface area contributed by atoms with E-state index in [4.69, 9.17) is 4.74 Å². The minimum atomic E-state index is -4.91. The van der Waals surface area contributed by atoms with Crippen molar-refractivity contribution < 1.29 is 36.0 Å². The first-order valence-corrected chi connectivity index (χ1v) is 9.74. The van der Waals surface area contributed by atoms with Crippen LogP contribution in [0.3, 0.4) is 0 Å². The van der Waals surface area contributed by atoms with E-state index in [2.05, 4.69) is 24.5 Å². The lowest BCUT2D eigenvalue weighted by atomic mass is 10.1. The summed E-state index contributed by atoms with van der Waals surface area (Å²) in [6.07, 6.45) is -2.30. The maximum absolute atomic E-state index is 14.3. The molecule has 0 bridgehead atoms. The first-order chi connectivity index (χ1) is 15.7. The van der Waals surface area contributed by atoms with Crippen molar-refractivity contribution in [1.82, 2.24) is 15.1 Å². The molecule has 1 N–H and O–H groups in total. The molecule has 0 atom stereocenters. The van der Waals surface area contributed by atoms with Crippen LogP contribution in [0, 0.1) is 11.6 Å². The number of nitrogens with one attached hydrogen (secondary N) is 1. The van der Waals surface area contributed by atoms with Crippen molar-refractivity contribution >= 4 is 17.6 Å². The van der Waals surface area contributed by atoms with E-state index in [1.807, 2.05) is 5.32 Å². The number of nitrogens with zero attached hydrogens (tertiary/aromatic N) is 4. The molecule has 1 saturated heterocycles. The number of ether oxygens (including phenoxy) is 1. The van der Waals surface area contributed by atoms with Gasteiger partial charge in [-0.25, -0.2) is 18.6 Å². The lowest BCUT2D eigenvalue weighted by molar-refractivity contribution is -0.159. The number of amides is 1. The summed E-state index contributed by atoms with van der Waals surface area (Å²) in [6, 6.07) is 4.83. The molecule has 2 aromatic heterocycles. The molecule has 0 radical (unpaired) electrons. The summed E-state index contributed by atoms with van der Waals surface area (Å²) in [6.45, 7) is 1.66. The lowest BCUT2D eigenvalue weighted by Gasteiger charge is -2.16. The van der Waals surface area contributed by atoms with Gasteiger partial charge in [-0.05, 0) is 31.0 Å². The first kappa shape index (κ1) is 22.4. The van der Waals surface area contributed by atoms with Gasteiger partial charge < -0.3 is 14.2 Å². The maximum atomic E-state index is 14.3. The maximum Gasteiger partial charge on any atom is 0.471 e. The van der Waals surface area contributed by atoms with Gasteiger partial charge >= 0.3 is 18.2 Å². The van der Waals surface area contributed by atoms with Crippen LogP contribution in [0.15, 0.2) is 35.0 Å². The number of alkyl halides is 3. The van der Waals surface area contributed by atoms with Crippen molar-refractivity contribution in [2.45, 2.75) is 25.6 Å². The molecule has 4 rings (SSSR count). The monoisotopic (exact) mass is 469 g/mol. The summed E-state index contributed by atoms with van der Waals surface area (Å²) in [7, 11) is 0. The van der Waals surface area contributed by atoms with Crippen LogP contribution in [0.25, 0.3) is 11.4 Å². The van der Waals surface area contributed by atoms with E-state index >= 15 is 0 Å². The molecule has 3 heterocycles. The van der Waals surface area contributed by atoms with Crippen LogP contribution >= 0.6 is 0 Å². The van der Waals surface area contributed by atoms with Gasteiger partial charge in [0.1, 0.15) is 18.1 Å². The minimum absolute atomic E-state index is 0.191. The van der Waals surface area contributed by atoms with Crippen LogP contribution in [0.1, 0.15) is 24.3 Å². The van der Waals surface area contributed by atoms with E-state index in [0.717, 1.165) is 31.7 Å². The summed E-state index contributed by atoms with van der Waals surface area (Å²) in [5, 5.41) is 4.99. The average Bonchev–Trinajstić information content (AvgIpc) is 3.47. The molecule has 174 valence electrons. The van der Waals surface area contributed by atoms with Crippen molar-refractivity contribution in [1.29, 1.82) is 0 Å². The Morgan fingerprint density at radius 3 is 2.42 bits per heavy atom. The zero-order valence-electron chi connectivity index (χ0n) is 16.8. The summed E-state index contributed by atoms with van der Waals surface area (Å²) in [5.74, 6) is -4.05. The zero-order chi connectivity index (χ0) is 23.6. The van der Waals surface area contributed by atoms with Gasteiger partial charge in [0.05, 0.1) is 0 Å². The molecule has 13 heteroatoms. The highest BCUT2D eigenvalue weighted by Crippen LogP contribution is 2.31. The largest absolute Gasteiger partial charge is 0.471 e. The number of pyridine rings is 1. The molecule has 0 aliphatic carbocycles. The molecule has 1 fully saturated rings. The third-order valence-electron chi connectivity index (χ3n) is 4.81. The molecule has 3 aromatic rings. The second-order valence-corrected chi connectivity index (χ2v) is 7.16. The molecule has 1 aliphatic heterocycles. The fourth-order valence-corrected chi connectivity index (χ4v) is 3.20. The number of hydrogen-bond acceptors (Lipinski definition) is 7. The first-order valence-electron chi connectivity index (χ1n) is 9.74. The van der Waals surface area contributed by atoms with E-state index in [1.54, 1.807) is 12.1 Å². The summed E-state index contributed by atoms with van der Waals surface area (Å²) >= 11 is 0. The number of hydrogen-bond donors (Lipinski definition) is 1. The summed E-state index contributed by atoms with van der Waals surface area (Å²) in [4.78, 5) is 21.5. The Labute approximate surface area is 183 Å². The van der Waals surface area contributed by atoms with Crippen LogP contribution in [0.2, 0.25) is 0 Å². The van der Waals surface area contributed by atoms with Gasteiger partial charge in [-0.15, -0.1) is 0 Å². The van der Waals surface area contributed by atoms with Gasteiger partial charge in [-0.2, -0.15) is 18.2 Å². The number of anilines is 2. The van der Waals surface area contributed by atoms with Crippen LogP contribution in [0.4, 0.5) is 38.3 Å². The highest BCUT2D eigenvalue weighted by molar-refractivity contribution is 5.85. The highest BCUT2D eigenvalue weighted by atomic mass is 19.4. The SMILES string of the molecule is O=C(Nc1c(F)cc(-c2noc(C(F)(F)F)n2)cc1F)OCc1ccc(N2CCCC2)nc1. The number of carbonyl (C=O) groups excluding carboxylic acids is 1. The van der Waals surface area contributed by atoms with Gasteiger partial charge in [-0.1, -0.05) is 11.2 Å². The van der Waals surface area contributed by atoms with E-state index in [-0.39, 0.29) is 6.61 Å². The predicted octanol–water partition coefficient (Wildman–Crippen LogP) is 4.78. The second kappa shape index (κ2) is 9.00.